The predicted octanol–water partition coefficient (Wildman–Crippen LogP) is 4.77. The summed E-state index contributed by atoms with van der Waals surface area (Å²) in [6.45, 7) is 4.76. The van der Waals surface area contributed by atoms with Crippen LogP contribution in [0.15, 0.2) is 48.5 Å². The summed E-state index contributed by atoms with van der Waals surface area (Å²) in [6.07, 6.45) is 4.39. The zero-order valence-corrected chi connectivity index (χ0v) is 21.5. The van der Waals surface area contributed by atoms with Crippen molar-refractivity contribution in [2.24, 2.45) is 5.92 Å². The van der Waals surface area contributed by atoms with Crippen molar-refractivity contribution in [2.75, 3.05) is 14.2 Å². The lowest BCUT2D eigenvalue weighted by molar-refractivity contribution is -0.134. The quantitative estimate of drug-likeness (QED) is 0.542. The minimum Gasteiger partial charge on any atom is -0.496 e. The lowest BCUT2D eigenvalue weighted by Crippen LogP contribution is -2.65. The summed E-state index contributed by atoms with van der Waals surface area (Å²) in [5.74, 6) is 1.43. The Hall–Kier alpha value is -3.48. The van der Waals surface area contributed by atoms with Crippen LogP contribution >= 0.6 is 0 Å². The monoisotopic (exact) mass is 489 g/mol. The average molecular weight is 490 g/mol. The highest BCUT2D eigenvalue weighted by atomic mass is 16.5. The molecule has 2 heterocycles. The predicted molar refractivity (Wildman–Crippen MR) is 139 cm³/mol. The number of hydrogen-bond acceptors (Lipinski definition) is 4. The van der Waals surface area contributed by atoms with E-state index < -0.39 is 5.54 Å². The number of benzene rings is 2. The maximum absolute atomic E-state index is 14.1. The van der Waals surface area contributed by atoms with E-state index in [1.165, 1.54) is 6.42 Å². The molecule has 1 aromatic heterocycles. The average Bonchev–Trinajstić information content (AvgIpc) is 3.27. The molecule has 0 saturated heterocycles. The van der Waals surface area contributed by atoms with Gasteiger partial charge in [0.2, 0.25) is 5.91 Å². The van der Waals surface area contributed by atoms with E-state index in [0.717, 1.165) is 35.7 Å². The van der Waals surface area contributed by atoms with E-state index in [2.05, 4.69) is 12.2 Å². The van der Waals surface area contributed by atoms with Gasteiger partial charge in [0.05, 0.1) is 26.3 Å². The molecule has 2 aliphatic rings. The van der Waals surface area contributed by atoms with Crippen LogP contribution in [-0.4, -0.2) is 47.1 Å². The zero-order valence-electron chi connectivity index (χ0n) is 21.5. The Kier molecular flexibility index (Phi) is 6.41. The van der Waals surface area contributed by atoms with Gasteiger partial charge in [0.1, 0.15) is 22.7 Å². The smallest absolute Gasteiger partial charge is 0.271 e. The number of hydrogen-bond donors (Lipinski definition) is 1. The van der Waals surface area contributed by atoms with E-state index in [1.807, 2.05) is 60.0 Å². The molecule has 36 heavy (non-hydrogen) atoms. The first kappa shape index (κ1) is 24.2. The molecule has 1 fully saturated rings. The van der Waals surface area contributed by atoms with Gasteiger partial charge < -0.3 is 24.3 Å². The Bertz CT molecular complexity index is 1280. The molecule has 7 nitrogen and oxygen atoms in total. The van der Waals surface area contributed by atoms with Gasteiger partial charge in [0.25, 0.3) is 5.91 Å². The maximum Gasteiger partial charge on any atom is 0.271 e. The number of amides is 2. The molecule has 190 valence electrons. The van der Waals surface area contributed by atoms with Crippen LogP contribution in [0.3, 0.4) is 0 Å². The summed E-state index contributed by atoms with van der Waals surface area (Å²) in [4.78, 5) is 29.9. The first-order valence-electron chi connectivity index (χ1n) is 12.8. The fourth-order valence-corrected chi connectivity index (χ4v) is 5.82. The maximum atomic E-state index is 14.1. The van der Waals surface area contributed by atoms with Crippen molar-refractivity contribution in [3.8, 4) is 11.5 Å². The number of carbonyl (C=O) groups excluding carboxylic acids is 2. The van der Waals surface area contributed by atoms with Gasteiger partial charge >= 0.3 is 0 Å². The second-order valence-electron chi connectivity index (χ2n) is 10.3. The Balaban J connectivity index is 1.62. The molecule has 1 N–H and O–H groups in total. The van der Waals surface area contributed by atoms with Crippen LogP contribution in [0.1, 0.15) is 55.6 Å². The summed E-state index contributed by atoms with van der Waals surface area (Å²) >= 11 is 0. The van der Waals surface area contributed by atoms with Gasteiger partial charge in [-0.3, -0.25) is 9.59 Å². The number of carbonyl (C=O) groups is 2. The number of fused-ring (bicyclic) bond motifs is 3. The second kappa shape index (κ2) is 9.52. The van der Waals surface area contributed by atoms with Crippen molar-refractivity contribution in [2.45, 2.75) is 64.2 Å². The Morgan fingerprint density at radius 1 is 1.06 bits per heavy atom. The molecular weight excluding hydrogens is 454 g/mol. The molecule has 7 heteroatoms. The van der Waals surface area contributed by atoms with Crippen LogP contribution in [0.4, 0.5) is 0 Å². The molecule has 2 aromatic carbocycles. The normalized spacial score (nSPS) is 23.9. The minimum absolute atomic E-state index is 0.111. The third-order valence-electron chi connectivity index (χ3n) is 8.05. The molecule has 0 bridgehead atoms. The highest BCUT2D eigenvalue weighted by Gasteiger charge is 2.48. The van der Waals surface area contributed by atoms with Crippen LogP contribution in [0.25, 0.3) is 10.9 Å². The molecule has 1 aliphatic carbocycles. The van der Waals surface area contributed by atoms with Crippen molar-refractivity contribution in [1.82, 2.24) is 14.8 Å². The standard InChI is InChI=1S/C29H35N3O4/c1-19-10-8-9-13-22(19)30-28(34)29(2)18-31-23(27(33)32(29)17-20-11-6-5-7-12-20)16-21-24(35-3)14-15-25(36-4)26(21)31/h5-7,11-12,14-16,19,22H,8-10,13,17-18H2,1-4H3,(H,30,34)/t19-,22-,29-/m1/s1. The van der Waals surface area contributed by atoms with E-state index in [-0.39, 0.29) is 17.9 Å². The highest BCUT2D eigenvalue weighted by molar-refractivity contribution is 6.05. The van der Waals surface area contributed by atoms with E-state index in [0.29, 0.717) is 36.2 Å². The first-order valence-corrected chi connectivity index (χ1v) is 12.8. The number of methoxy groups -OCH3 is 2. The summed E-state index contributed by atoms with van der Waals surface area (Å²) in [7, 11) is 3.23. The lowest BCUT2D eigenvalue weighted by atomic mass is 9.85. The Morgan fingerprint density at radius 3 is 2.44 bits per heavy atom. The molecule has 1 aliphatic heterocycles. The number of nitrogens with zero attached hydrogens (tertiary/aromatic N) is 2. The van der Waals surface area contributed by atoms with Gasteiger partial charge in [-0.25, -0.2) is 0 Å². The third-order valence-corrected chi connectivity index (χ3v) is 8.05. The Labute approximate surface area is 212 Å². The van der Waals surface area contributed by atoms with E-state index in [4.69, 9.17) is 9.47 Å². The molecule has 5 rings (SSSR count). The highest BCUT2D eigenvalue weighted by Crippen LogP contribution is 2.40. The lowest BCUT2D eigenvalue weighted by Gasteiger charge is -2.45. The van der Waals surface area contributed by atoms with Crippen molar-refractivity contribution in [3.63, 3.8) is 0 Å². The summed E-state index contributed by atoms with van der Waals surface area (Å²) < 4.78 is 13.2. The second-order valence-corrected chi connectivity index (χ2v) is 10.3. The van der Waals surface area contributed by atoms with E-state index in [1.54, 1.807) is 19.1 Å². The molecule has 3 atom stereocenters. The SMILES string of the molecule is COc1ccc(OC)c2c1cc1n2C[C@](C)(C(=O)N[C@@H]2CCCC[C@H]2C)N(Cc2ccccc2)C1=O. The van der Waals surface area contributed by atoms with Crippen molar-refractivity contribution >= 4 is 22.7 Å². The molecule has 0 unspecified atom stereocenters. The van der Waals surface area contributed by atoms with Gasteiger partial charge in [0.15, 0.2) is 0 Å². The summed E-state index contributed by atoms with van der Waals surface area (Å²) in [6, 6.07) is 15.5. The number of ether oxygens (including phenoxy) is 2. The fourth-order valence-electron chi connectivity index (χ4n) is 5.82. The van der Waals surface area contributed by atoms with Crippen LogP contribution in [0, 0.1) is 5.92 Å². The zero-order chi connectivity index (χ0) is 25.4. The summed E-state index contributed by atoms with van der Waals surface area (Å²) in [5.41, 5.74) is 1.19. The van der Waals surface area contributed by atoms with E-state index >= 15 is 0 Å². The largest absolute Gasteiger partial charge is 0.496 e. The van der Waals surface area contributed by atoms with Gasteiger partial charge in [0, 0.05) is 18.0 Å². The number of nitrogens with one attached hydrogen (secondary N) is 1. The van der Waals surface area contributed by atoms with Gasteiger partial charge in [-0.05, 0) is 49.4 Å². The van der Waals surface area contributed by atoms with Gasteiger partial charge in [-0.1, -0.05) is 50.1 Å². The van der Waals surface area contributed by atoms with Crippen LogP contribution in [0.5, 0.6) is 11.5 Å². The van der Waals surface area contributed by atoms with Crippen LogP contribution in [-0.2, 0) is 17.9 Å². The summed E-state index contributed by atoms with van der Waals surface area (Å²) in [5, 5.41) is 4.13. The first-order chi connectivity index (χ1) is 17.4. The van der Waals surface area contributed by atoms with Gasteiger partial charge in [-0.15, -0.1) is 0 Å². The van der Waals surface area contributed by atoms with Gasteiger partial charge in [-0.2, -0.15) is 0 Å². The Morgan fingerprint density at radius 2 is 1.75 bits per heavy atom. The number of aromatic nitrogens is 1. The molecule has 1 saturated carbocycles. The molecular formula is C29H35N3O4. The topological polar surface area (TPSA) is 72.8 Å². The van der Waals surface area contributed by atoms with E-state index in [9.17, 15) is 9.59 Å². The minimum atomic E-state index is -1.09. The van der Waals surface area contributed by atoms with Crippen LogP contribution in [0.2, 0.25) is 0 Å². The number of rotatable bonds is 6. The molecule has 0 spiro atoms. The van der Waals surface area contributed by atoms with Crippen molar-refractivity contribution in [3.05, 3.63) is 59.8 Å². The van der Waals surface area contributed by atoms with Crippen molar-refractivity contribution < 1.29 is 19.1 Å². The van der Waals surface area contributed by atoms with Crippen LogP contribution < -0.4 is 14.8 Å². The molecule has 2 amide bonds. The fraction of sp³-hybridized carbons (Fsp3) is 0.448. The molecule has 0 radical (unpaired) electrons. The van der Waals surface area contributed by atoms with Crippen molar-refractivity contribution in [1.29, 1.82) is 0 Å². The third kappa shape index (κ3) is 4.00. The molecule has 3 aromatic rings.